The third-order valence-electron chi connectivity index (χ3n) is 6.49. The first kappa shape index (κ1) is 18.2. The van der Waals surface area contributed by atoms with E-state index in [-0.39, 0.29) is 11.9 Å². The summed E-state index contributed by atoms with van der Waals surface area (Å²) in [6, 6.07) is 18.1. The van der Waals surface area contributed by atoms with Crippen LogP contribution in [0.4, 0.5) is 10.5 Å². The van der Waals surface area contributed by atoms with E-state index in [2.05, 4.69) is 45.4 Å². The molecule has 0 bridgehead atoms. The summed E-state index contributed by atoms with van der Waals surface area (Å²) in [6.07, 6.45) is 2.54. The molecule has 2 aromatic rings. The van der Waals surface area contributed by atoms with Crippen LogP contribution in [0.25, 0.3) is 0 Å². The Bertz CT molecular complexity index is 923. The minimum absolute atomic E-state index is 0.0971. The van der Waals surface area contributed by atoms with Crippen molar-refractivity contribution >= 4 is 17.6 Å². The first-order valence-corrected chi connectivity index (χ1v) is 10.4. The van der Waals surface area contributed by atoms with Gasteiger partial charge in [-0.15, -0.1) is 0 Å². The number of carbonyl (C=O) groups excluding carboxylic acids is 2. The van der Waals surface area contributed by atoms with Crippen LogP contribution in [0, 0.1) is 0 Å². The zero-order valence-electron chi connectivity index (χ0n) is 16.5. The molecule has 1 aliphatic carbocycles. The molecule has 29 heavy (non-hydrogen) atoms. The molecule has 6 nitrogen and oxygen atoms in total. The summed E-state index contributed by atoms with van der Waals surface area (Å²) in [4.78, 5) is 32.2. The van der Waals surface area contributed by atoms with Crippen molar-refractivity contribution < 1.29 is 9.59 Å². The number of para-hydroxylation sites is 1. The molecule has 1 spiro atoms. The van der Waals surface area contributed by atoms with E-state index in [1.807, 2.05) is 24.3 Å². The number of nitrogens with zero attached hydrogens (tertiary/aromatic N) is 3. The first-order valence-electron chi connectivity index (χ1n) is 10.4. The van der Waals surface area contributed by atoms with Crippen LogP contribution in [-0.2, 0) is 16.8 Å². The quantitative estimate of drug-likeness (QED) is 0.819. The molecule has 2 heterocycles. The normalized spacial score (nSPS) is 24.7. The summed E-state index contributed by atoms with van der Waals surface area (Å²) in [5.41, 5.74) is 2.49. The summed E-state index contributed by atoms with van der Waals surface area (Å²) in [6.45, 7) is 3.80. The van der Waals surface area contributed by atoms with Crippen molar-refractivity contribution in [2.75, 3.05) is 37.7 Å². The molecule has 0 unspecified atom stereocenters. The van der Waals surface area contributed by atoms with Gasteiger partial charge in [0.25, 0.3) is 5.91 Å². The van der Waals surface area contributed by atoms with Gasteiger partial charge in [0, 0.05) is 31.9 Å². The Kier molecular flexibility index (Phi) is 4.51. The second-order valence-corrected chi connectivity index (χ2v) is 8.16. The standard InChI is InChI=1S/C23H26N4O2/c28-21-23(12-6-8-18-7-4-5-11-20(18)23)24-22(29)27(21)17-25-13-15-26(16-14-25)19-9-2-1-3-10-19/h1-5,7,9-11H,6,8,12-17H2,(H,24,29)/t23-/m0/s1. The number of piperazine rings is 1. The fraction of sp³-hybridized carbons (Fsp3) is 0.391. The zero-order valence-corrected chi connectivity index (χ0v) is 16.5. The van der Waals surface area contributed by atoms with Crippen LogP contribution in [0.15, 0.2) is 54.6 Å². The van der Waals surface area contributed by atoms with Crippen molar-refractivity contribution in [3.8, 4) is 0 Å². The molecule has 0 aromatic heterocycles. The molecule has 2 fully saturated rings. The van der Waals surface area contributed by atoms with Gasteiger partial charge < -0.3 is 10.2 Å². The number of anilines is 1. The fourth-order valence-electron chi connectivity index (χ4n) is 4.93. The van der Waals surface area contributed by atoms with E-state index in [0.29, 0.717) is 13.1 Å². The van der Waals surface area contributed by atoms with Gasteiger partial charge in [-0.25, -0.2) is 9.69 Å². The Hall–Kier alpha value is -2.86. The van der Waals surface area contributed by atoms with Gasteiger partial charge in [-0.3, -0.25) is 9.69 Å². The van der Waals surface area contributed by atoms with E-state index in [9.17, 15) is 9.59 Å². The highest BCUT2D eigenvalue weighted by atomic mass is 16.2. The first-order chi connectivity index (χ1) is 14.2. The molecule has 5 rings (SSSR count). The molecule has 2 aliphatic heterocycles. The third-order valence-corrected chi connectivity index (χ3v) is 6.49. The Morgan fingerprint density at radius 1 is 0.897 bits per heavy atom. The van der Waals surface area contributed by atoms with Crippen molar-refractivity contribution in [3.05, 3.63) is 65.7 Å². The second-order valence-electron chi connectivity index (χ2n) is 8.16. The highest BCUT2D eigenvalue weighted by molar-refractivity contribution is 6.07. The Labute approximate surface area is 171 Å². The lowest BCUT2D eigenvalue weighted by Gasteiger charge is -2.37. The SMILES string of the molecule is O=C1N[C@]2(CCCc3ccccc32)C(=O)N1CN1CCN(c2ccccc2)CC1. The maximum Gasteiger partial charge on any atom is 0.326 e. The lowest BCUT2D eigenvalue weighted by molar-refractivity contribution is -0.133. The number of urea groups is 1. The van der Waals surface area contributed by atoms with Crippen molar-refractivity contribution in [1.29, 1.82) is 0 Å². The average Bonchev–Trinajstić information content (AvgIpc) is 3.00. The topological polar surface area (TPSA) is 55.9 Å². The maximum atomic E-state index is 13.4. The summed E-state index contributed by atoms with van der Waals surface area (Å²) >= 11 is 0. The molecule has 0 radical (unpaired) electrons. The molecule has 3 amide bonds. The van der Waals surface area contributed by atoms with Crippen molar-refractivity contribution in [2.24, 2.45) is 0 Å². The average molecular weight is 390 g/mol. The monoisotopic (exact) mass is 390 g/mol. The van der Waals surface area contributed by atoms with Crippen LogP contribution in [-0.4, -0.2) is 54.6 Å². The van der Waals surface area contributed by atoms with Gasteiger partial charge in [0.05, 0.1) is 6.67 Å². The van der Waals surface area contributed by atoms with Crippen LogP contribution >= 0.6 is 0 Å². The second kappa shape index (κ2) is 7.19. The zero-order chi connectivity index (χ0) is 19.8. The van der Waals surface area contributed by atoms with Crippen molar-refractivity contribution in [1.82, 2.24) is 15.1 Å². The van der Waals surface area contributed by atoms with Crippen LogP contribution in [0.2, 0.25) is 0 Å². The number of amides is 3. The lowest BCUT2D eigenvalue weighted by atomic mass is 9.76. The van der Waals surface area contributed by atoms with Gasteiger partial charge in [0.1, 0.15) is 5.54 Å². The van der Waals surface area contributed by atoms with E-state index in [1.165, 1.54) is 16.2 Å². The summed E-state index contributed by atoms with van der Waals surface area (Å²) in [5, 5.41) is 3.05. The Morgan fingerprint density at radius 3 is 2.41 bits per heavy atom. The molecular weight excluding hydrogens is 364 g/mol. The number of hydrogen-bond donors (Lipinski definition) is 1. The number of aryl methyl sites for hydroxylation is 1. The minimum Gasteiger partial charge on any atom is -0.369 e. The van der Waals surface area contributed by atoms with Gasteiger partial charge in [0.15, 0.2) is 0 Å². The predicted molar refractivity (Wildman–Crippen MR) is 112 cm³/mol. The molecule has 1 N–H and O–H groups in total. The third kappa shape index (κ3) is 3.08. The van der Waals surface area contributed by atoms with Crippen LogP contribution in [0.1, 0.15) is 24.0 Å². The van der Waals surface area contributed by atoms with Crippen molar-refractivity contribution in [2.45, 2.75) is 24.8 Å². The fourth-order valence-corrected chi connectivity index (χ4v) is 4.93. The number of carbonyl (C=O) groups is 2. The molecule has 2 saturated heterocycles. The van der Waals surface area contributed by atoms with E-state index in [1.54, 1.807) is 0 Å². The van der Waals surface area contributed by atoms with Gasteiger partial charge in [-0.05, 0) is 42.5 Å². The lowest BCUT2D eigenvalue weighted by Crippen LogP contribution is -2.52. The number of rotatable bonds is 3. The maximum absolute atomic E-state index is 13.4. The number of hydrogen-bond acceptors (Lipinski definition) is 4. The number of imide groups is 1. The molecule has 6 heteroatoms. The summed E-state index contributed by atoms with van der Waals surface area (Å²) in [5.74, 6) is -0.0971. The van der Waals surface area contributed by atoms with Gasteiger partial charge in [0.2, 0.25) is 0 Å². The number of fused-ring (bicyclic) bond motifs is 2. The molecule has 150 valence electrons. The van der Waals surface area contributed by atoms with Crippen LogP contribution in [0.5, 0.6) is 0 Å². The van der Waals surface area contributed by atoms with Crippen LogP contribution < -0.4 is 10.2 Å². The van der Waals surface area contributed by atoms with Crippen molar-refractivity contribution in [3.63, 3.8) is 0 Å². The molecule has 2 aromatic carbocycles. The molecule has 0 saturated carbocycles. The Balaban J connectivity index is 1.29. The van der Waals surface area contributed by atoms with E-state index >= 15 is 0 Å². The summed E-state index contributed by atoms with van der Waals surface area (Å²) < 4.78 is 0. The largest absolute Gasteiger partial charge is 0.369 e. The van der Waals surface area contributed by atoms with Gasteiger partial charge in [-0.1, -0.05) is 42.5 Å². The van der Waals surface area contributed by atoms with Gasteiger partial charge >= 0.3 is 6.03 Å². The highest BCUT2D eigenvalue weighted by Gasteiger charge is 2.54. The number of nitrogens with one attached hydrogen (secondary N) is 1. The summed E-state index contributed by atoms with van der Waals surface area (Å²) in [7, 11) is 0. The smallest absolute Gasteiger partial charge is 0.326 e. The Morgan fingerprint density at radius 2 is 1.62 bits per heavy atom. The number of benzene rings is 2. The molecular formula is C23H26N4O2. The van der Waals surface area contributed by atoms with E-state index in [0.717, 1.165) is 44.6 Å². The minimum atomic E-state index is -0.877. The van der Waals surface area contributed by atoms with E-state index in [4.69, 9.17) is 0 Å². The van der Waals surface area contributed by atoms with Crippen LogP contribution in [0.3, 0.4) is 0 Å². The molecule has 3 aliphatic rings. The van der Waals surface area contributed by atoms with Gasteiger partial charge in [-0.2, -0.15) is 0 Å². The molecule has 1 atom stereocenters. The highest BCUT2D eigenvalue weighted by Crippen LogP contribution is 2.39. The van der Waals surface area contributed by atoms with E-state index < -0.39 is 5.54 Å². The predicted octanol–water partition coefficient (Wildman–Crippen LogP) is 2.55.